The van der Waals surface area contributed by atoms with Gasteiger partial charge in [0.15, 0.2) is 0 Å². The van der Waals surface area contributed by atoms with Crippen LogP contribution in [-0.2, 0) is 30.3 Å². The SMILES string of the molecule is CC(C)(C)OC(=O)COCCOCCNC(=O)OCc1ccccc1. The van der Waals surface area contributed by atoms with Crippen LogP contribution in [0.2, 0.25) is 0 Å². The molecular weight excluding hydrogens is 326 g/mol. The Labute approximate surface area is 148 Å². The first-order valence-electron chi connectivity index (χ1n) is 8.19. The van der Waals surface area contributed by atoms with Gasteiger partial charge in [0, 0.05) is 6.54 Å². The molecule has 0 heterocycles. The lowest BCUT2D eigenvalue weighted by Crippen LogP contribution is -2.28. The monoisotopic (exact) mass is 353 g/mol. The largest absolute Gasteiger partial charge is 0.458 e. The van der Waals surface area contributed by atoms with E-state index in [9.17, 15) is 9.59 Å². The molecule has 0 aromatic heterocycles. The number of carbonyl (C=O) groups is 2. The van der Waals surface area contributed by atoms with Gasteiger partial charge in [-0.15, -0.1) is 0 Å². The molecule has 1 aromatic carbocycles. The van der Waals surface area contributed by atoms with E-state index in [1.165, 1.54) is 0 Å². The van der Waals surface area contributed by atoms with Crippen LogP contribution < -0.4 is 5.32 Å². The average Bonchev–Trinajstić information content (AvgIpc) is 2.54. The normalized spacial score (nSPS) is 11.0. The lowest BCUT2D eigenvalue weighted by molar-refractivity contribution is -0.160. The summed E-state index contributed by atoms with van der Waals surface area (Å²) in [6.45, 7) is 6.78. The molecule has 0 unspecified atom stereocenters. The number of alkyl carbamates (subject to hydrolysis) is 1. The summed E-state index contributed by atoms with van der Waals surface area (Å²) in [5, 5.41) is 2.59. The Hall–Kier alpha value is -2.12. The molecule has 1 N–H and O–H groups in total. The molecule has 0 aliphatic carbocycles. The first-order valence-corrected chi connectivity index (χ1v) is 8.19. The van der Waals surface area contributed by atoms with Crippen molar-refractivity contribution in [1.29, 1.82) is 0 Å². The zero-order chi connectivity index (χ0) is 18.5. The topological polar surface area (TPSA) is 83.1 Å². The van der Waals surface area contributed by atoms with Crippen molar-refractivity contribution in [2.75, 3.05) is 33.0 Å². The zero-order valence-electron chi connectivity index (χ0n) is 15.1. The van der Waals surface area contributed by atoms with Gasteiger partial charge in [0.25, 0.3) is 0 Å². The standard InChI is InChI=1S/C18H27NO6/c1-18(2,3)25-16(20)14-23-12-11-22-10-9-19-17(21)24-13-15-7-5-4-6-8-15/h4-8H,9-14H2,1-3H3,(H,19,21). The number of benzene rings is 1. The average molecular weight is 353 g/mol. The highest BCUT2D eigenvalue weighted by molar-refractivity contribution is 5.71. The van der Waals surface area contributed by atoms with Gasteiger partial charge in [0.1, 0.15) is 18.8 Å². The van der Waals surface area contributed by atoms with Crippen molar-refractivity contribution in [3.05, 3.63) is 35.9 Å². The Kier molecular flexibility index (Phi) is 9.57. The number of carbonyl (C=O) groups excluding carboxylic acids is 2. The van der Waals surface area contributed by atoms with Gasteiger partial charge < -0.3 is 24.3 Å². The summed E-state index contributed by atoms with van der Waals surface area (Å²) in [7, 11) is 0. The van der Waals surface area contributed by atoms with Gasteiger partial charge >= 0.3 is 12.1 Å². The lowest BCUT2D eigenvalue weighted by Gasteiger charge is -2.19. The summed E-state index contributed by atoms with van der Waals surface area (Å²) < 4.78 is 20.6. The Morgan fingerprint density at radius 2 is 1.68 bits per heavy atom. The van der Waals surface area contributed by atoms with Crippen LogP contribution in [0, 0.1) is 0 Å². The Morgan fingerprint density at radius 1 is 1.00 bits per heavy atom. The van der Waals surface area contributed by atoms with Crippen LogP contribution >= 0.6 is 0 Å². The molecule has 1 rings (SSSR count). The zero-order valence-corrected chi connectivity index (χ0v) is 15.1. The maximum Gasteiger partial charge on any atom is 0.407 e. The van der Waals surface area contributed by atoms with Crippen molar-refractivity contribution in [3.63, 3.8) is 0 Å². The highest BCUT2D eigenvalue weighted by atomic mass is 16.6. The van der Waals surface area contributed by atoms with Gasteiger partial charge in [-0.2, -0.15) is 0 Å². The van der Waals surface area contributed by atoms with Crippen LogP contribution in [0.25, 0.3) is 0 Å². The summed E-state index contributed by atoms with van der Waals surface area (Å²) in [5.41, 5.74) is 0.411. The van der Waals surface area contributed by atoms with Gasteiger partial charge in [0.05, 0.1) is 19.8 Å². The molecule has 0 spiro atoms. The van der Waals surface area contributed by atoms with E-state index in [-0.39, 0.29) is 19.8 Å². The second kappa shape index (κ2) is 11.4. The van der Waals surface area contributed by atoms with E-state index in [0.717, 1.165) is 5.56 Å². The van der Waals surface area contributed by atoms with Crippen LogP contribution in [0.15, 0.2) is 30.3 Å². The van der Waals surface area contributed by atoms with Crippen molar-refractivity contribution in [2.45, 2.75) is 33.0 Å². The van der Waals surface area contributed by atoms with E-state index < -0.39 is 17.7 Å². The molecule has 0 saturated heterocycles. The minimum absolute atomic E-state index is 0.106. The maximum absolute atomic E-state index is 11.5. The van der Waals surface area contributed by atoms with E-state index in [1.54, 1.807) is 20.8 Å². The first-order chi connectivity index (χ1) is 11.9. The van der Waals surface area contributed by atoms with Gasteiger partial charge in [0.2, 0.25) is 0 Å². The van der Waals surface area contributed by atoms with Crippen molar-refractivity contribution in [2.24, 2.45) is 0 Å². The number of amides is 1. The van der Waals surface area contributed by atoms with Crippen LogP contribution in [0.4, 0.5) is 4.79 Å². The molecular formula is C18H27NO6. The van der Waals surface area contributed by atoms with Gasteiger partial charge in [-0.05, 0) is 26.3 Å². The summed E-state index contributed by atoms with van der Waals surface area (Å²) >= 11 is 0. The molecule has 1 aromatic rings. The number of hydrogen-bond donors (Lipinski definition) is 1. The second-order valence-corrected chi connectivity index (χ2v) is 6.24. The Morgan fingerprint density at radius 3 is 2.36 bits per heavy atom. The quantitative estimate of drug-likeness (QED) is 0.513. The summed E-state index contributed by atoms with van der Waals surface area (Å²) in [6.07, 6.45) is -0.492. The number of rotatable bonds is 10. The van der Waals surface area contributed by atoms with E-state index in [1.807, 2.05) is 30.3 Å². The molecule has 0 aliphatic heterocycles. The Balaban J connectivity index is 1.93. The number of nitrogens with one attached hydrogen (secondary N) is 1. The van der Waals surface area contributed by atoms with Crippen LogP contribution in [-0.4, -0.2) is 50.6 Å². The number of esters is 1. The Bertz CT molecular complexity index is 512. The van der Waals surface area contributed by atoms with Crippen molar-refractivity contribution >= 4 is 12.1 Å². The summed E-state index contributed by atoms with van der Waals surface area (Å²) in [6, 6.07) is 9.43. The third-order valence-corrected chi connectivity index (χ3v) is 2.74. The molecule has 0 aliphatic rings. The second-order valence-electron chi connectivity index (χ2n) is 6.24. The molecule has 0 radical (unpaired) electrons. The first kappa shape index (κ1) is 20.9. The molecule has 0 saturated carbocycles. The molecule has 0 bridgehead atoms. The molecule has 0 atom stereocenters. The maximum atomic E-state index is 11.5. The highest BCUT2D eigenvalue weighted by Crippen LogP contribution is 2.06. The number of hydrogen-bond acceptors (Lipinski definition) is 6. The smallest absolute Gasteiger partial charge is 0.407 e. The predicted octanol–water partition coefficient (Wildman–Crippen LogP) is 2.29. The molecule has 25 heavy (non-hydrogen) atoms. The van der Waals surface area contributed by atoms with Gasteiger partial charge in [-0.1, -0.05) is 30.3 Å². The fourth-order valence-electron chi connectivity index (χ4n) is 1.75. The molecule has 140 valence electrons. The van der Waals surface area contributed by atoms with Crippen molar-refractivity contribution in [1.82, 2.24) is 5.32 Å². The molecule has 7 heteroatoms. The van der Waals surface area contributed by atoms with E-state index in [4.69, 9.17) is 18.9 Å². The van der Waals surface area contributed by atoms with Crippen molar-refractivity contribution < 1.29 is 28.5 Å². The molecule has 1 amide bonds. The third kappa shape index (κ3) is 12.0. The van der Waals surface area contributed by atoms with Crippen LogP contribution in [0.5, 0.6) is 0 Å². The van der Waals surface area contributed by atoms with Gasteiger partial charge in [-0.3, -0.25) is 0 Å². The predicted molar refractivity (Wildman–Crippen MR) is 92.1 cm³/mol. The fourth-order valence-corrected chi connectivity index (χ4v) is 1.75. The minimum Gasteiger partial charge on any atom is -0.458 e. The van der Waals surface area contributed by atoms with Gasteiger partial charge in [-0.25, -0.2) is 9.59 Å². The number of ether oxygens (including phenoxy) is 4. The van der Waals surface area contributed by atoms with Crippen LogP contribution in [0.3, 0.4) is 0 Å². The van der Waals surface area contributed by atoms with Crippen LogP contribution in [0.1, 0.15) is 26.3 Å². The van der Waals surface area contributed by atoms with Crippen molar-refractivity contribution in [3.8, 4) is 0 Å². The fraction of sp³-hybridized carbons (Fsp3) is 0.556. The lowest BCUT2D eigenvalue weighted by atomic mass is 10.2. The third-order valence-electron chi connectivity index (χ3n) is 2.74. The van der Waals surface area contributed by atoms with E-state index in [2.05, 4.69) is 5.32 Å². The minimum atomic E-state index is -0.516. The van der Waals surface area contributed by atoms with E-state index in [0.29, 0.717) is 19.8 Å². The highest BCUT2D eigenvalue weighted by Gasteiger charge is 2.15. The summed E-state index contributed by atoms with van der Waals surface area (Å²) in [5.74, 6) is -0.407. The molecule has 7 nitrogen and oxygen atoms in total. The summed E-state index contributed by atoms with van der Waals surface area (Å²) in [4.78, 5) is 22.9. The molecule has 0 fully saturated rings. The van der Waals surface area contributed by atoms with E-state index >= 15 is 0 Å².